The molecule has 0 radical (unpaired) electrons. The number of hydrogen-bond acceptors (Lipinski definition) is 3. The second-order valence-corrected chi connectivity index (χ2v) is 4.40. The number of allylic oxidation sites excluding steroid dienone is 2. The monoisotopic (exact) mass is 235 g/mol. The van der Waals surface area contributed by atoms with E-state index in [1.807, 2.05) is 32.2 Å². The molecule has 3 heteroatoms. The van der Waals surface area contributed by atoms with Crippen molar-refractivity contribution in [2.24, 2.45) is 5.10 Å². The molecule has 1 N–H and O–H groups in total. The summed E-state index contributed by atoms with van der Waals surface area (Å²) >= 11 is 0. The van der Waals surface area contributed by atoms with Crippen LogP contribution in [0.25, 0.3) is 0 Å². The van der Waals surface area contributed by atoms with Crippen LogP contribution in [0.3, 0.4) is 0 Å². The number of piperidine rings is 1. The third-order valence-corrected chi connectivity index (χ3v) is 2.97. The fourth-order valence-corrected chi connectivity index (χ4v) is 1.89. The average molecular weight is 235 g/mol. The maximum atomic E-state index is 4.05. The molecule has 1 saturated heterocycles. The summed E-state index contributed by atoms with van der Waals surface area (Å²) in [6, 6.07) is 0. The van der Waals surface area contributed by atoms with E-state index in [4.69, 9.17) is 0 Å². The second kappa shape index (κ2) is 8.99. The van der Waals surface area contributed by atoms with Crippen molar-refractivity contribution in [1.29, 1.82) is 0 Å². The molecule has 0 aromatic rings. The molecule has 0 bridgehead atoms. The number of nitrogens with one attached hydrogen (secondary N) is 1. The second-order valence-electron chi connectivity index (χ2n) is 4.40. The SMILES string of the molecule is C1=NNCC=C1CN1CCCCC1.CC=CC. The number of likely N-dealkylation sites (tertiary alicyclic amines) is 1. The van der Waals surface area contributed by atoms with Crippen molar-refractivity contribution in [1.82, 2.24) is 10.3 Å². The van der Waals surface area contributed by atoms with Crippen molar-refractivity contribution in [2.75, 3.05) is 26.2 Å². The van der Waals surface area contributed by atoms with E-state index in [0.29, 0.717) is 0 Å². The van der Waals surface area contributed by atoms with E-state index in [0.717, 1.165) is 13.1 Å². The number of nitrogens with zero attached hydrogens (tertiary/aromatic N) is 2. The largest absolute Gasteiger partial charge is 0.306 e. The summed E-state index contributed by atoms with van der Waals surface area (Å²) in [5.41, 5.74) is 4.29. The lowest BCUT2D eigenvalue weighted by atomic mass is 10.1. The molecule has 0 aromatic heterocycles. The summed E-state index contributed by atoms with van der Waals surface area (Å²) in [5.74, 6) is 0. The molecule has 0 amide bonds. The van der Waals surface area contributed by atoms with Crippen LogP contribution in [-0.2, 0) is 0 Å². The Labute approximate surface area is 105 Å². The van der Waals surface area contributed by atoms with Crippen LogP contribution in [0.1, 0.15) is 33.1 Å². The molecule has 1 fully saturated rings. The molecule has 2 aliphatic heterocycles. The first kappa shape index (κ1) is 14.0. The topological polar surface area (TPSA) is 27.6 Å². The van der Waals surface area contributed by atoms with E-state index in [1.165, 1.54) is 37.9 Å². The average Bonchev–Trinajstić information content (AvgIpc) is 2.41. The Hall–Kier alpha value is -1.09. The molecule has 0 spiro atoms. The third-order valence-electron chi connectivity index (χ3n) is 2.97. The van der Waals surface area contributed by atoms with Gasteiger partial charge in [0.25, 0.3) is 0 Å². The van der Waals surface area contributed by atoms with E-state index in [9.17, 15) is 0 Å². The maximum absolute atomic E-state index is 4.05. The van der Waals surface area contributed by atoms with Crippen LogP contribution < -0.4 is 5.43 Å². The maximum Gasteiger partial charge on any atom is 0.0517 e. The highest BCUT2D eigenvalue weighted by Crippen LogP contribution is 2.10. The van der Waals surface area contributed by atoms with Gasteiger partial charge in [-0.25, -0.2) is 0 Å². The van der Waals surface area contributed by atoms with Gasteiger partial charge in [-0.15, -0.1) is 0 Å². The molecular weight excluding hydrogens is 210 g/mol. The van der Waals surface area contributed by atoms with Gasteiger partial charge in [-0.05, 0) is 45.4 Å². The minimum atomic E-state index is 0.889. The third kappa shape index (κ3) is 6.27. The first-order chi connectivity index (χ1) is 8.36. The Morgan fingerprint density at radius 1 is 1.24 bits per heavy atom. The Morgan fingerprint density at radius 2 is 1.94 bits per heavy atom. The van der Waals surface area contributed by atoms with E-state index < -0.39 is 0 Å². The van der Waals surface area contributed by atoms with Gasteiger partial charge in [0.15, 0.2) is 0 Å². The quantitative estimate of drug-likeness (QED) is 0.745. The minimum absolute atomic E-state index is 0.889. The zero-order valence-corrected chi connectivity index (χ0v) is 11.2. The van der Waals surface area contributed by atoms with Crippen LogP contribution in [-0.4, -0.2) is 37.3 Å². The van der Waals surface area contributed by atoms with Crippen molar-refractivity contribution in [3.8, 4) is 0 Å². The summed E-state index contributed by atoms with van der Waals surface area (Å²) in [4.78, 5) is 2.52. The van der Waals surface area contributed by atoms with Crippen molar-refractivity contribution in [3.05, 3.63) is 23.8 Å². The van der Waals surface area contributed by atoms with Gasteiger partial charge >= 0.3 is 0 Å². The van der Waals surface area contributed by atoms with Crippen molar-refractivity contribution in [3.63, 3.8) is 0 Å². The van der Waals surface area contributed by atoms with Crippen LogP contribution >= 0.6 is 0 Å². The van der Waals surface area contributed by atoms with E-state index in [1.54, 1.807) is 0 Å². The highest BCUT2D eigenvalue weighted by molar-refractivity contribution is 5.79. The van der Waals surface area contributed by atoms with Crippen molar-refractivity contribution >= 4 is 6.21 Å². The van der Waals surface area contributed by atoms with Gasteiger partial charge in [-0.1, -0.05) is 24.6 Å². The highest BCUT2D eigenvalue weighted by Gasteiger charge is 2.11. The van der Waals surface area contributed by atoms with Gasteiger partial charge < -0.3 is 5.43 Å². The van der Waals surface area contributed by atoms with Gasteiger partial charge in [0, 0.05) is 6.54 Å². The number of rotatable bonds is 2. The Kier molecular flexibility index (Phi) is 7.39. The summed E-state index contributed by atoms with van der Waals surface area (Å²) in [6.45, 7) is 8.50. The van der Waals surface area contributed by atoms with Gasteiger partial charge in [-0.2, -0.15) is 5.10 Å². The lowest BCUT2D eigenvalue weighted by Crippen LogP contribution is -2.32. The standard InChI is InChI=1S/C10H17N3.C4H8/c1-2-6-13(7-3-1)9-10-4-5-11-12-8-10;1-3-4-2/h4,8,11H,1-3,5-7,9H2;3-4H,1-2H3. The Morgan fingerprint density at radius 3 is 2.47 bits per heavy atom. The van der Waals surface area contributed by atoms with Gasteiger partial charge in [-0.3, -0.25) is 4.90 Å². The smallest absolute Gasteiger partial charge is 0.0517 e. The van der Waals surface area contributed by atoms with E-state index >= 15 is 0 Å². The normalized spacial score (nSPS) is 20.5. The molecule has 17 heavy (non-hydrogen) atoms. The zero-order chi connectivity index (χ0) is 12.3. The van der Waals surface area contributed by atoms with E-state index in [-0.39, 0.29) is 0 Å². The van der Waals surface area contributed by atoms with Crippen molar-refractivity contribution < 1.29 is 0 Å². The van der Waals surface area contributed by atoms with Crippen LogP contribution in [0.4, 0.5) is 0 Å². The van der Waals surface area contributed by atoms with E-state index in [2.05, 4.69) is 21.5 Å². The summed E-state index contributed by atoms with van der Waals surface area (Å²) in [7, 11) is 0. The van der Waals surface area contributed by atoms with Crippen LogP contribution in [0.5, 0.6) is 0 Å². The zero-order valence-electron chi connectivity index (χ0n) is 11.2. The predicted octanol–water partition coefficient (Wildman–Crippen LogP) is 2.57. The molecule has 3 nitrogen and oxygen atoms in total. The molecule has 0 saturated carbocycles. The highest BCUT2D eigenvalue weighted by atomic mass is 15.3. The summed E-state index contributed by atoms with van der Waals surface area (Å²) in [5, 5.41) is 4.05. The lowest BCUT2D eigenvalue weighted by molar-refractivity contribution is 0.249. The summed E-state index contributed by atoms with van der Waals surface area (Å²) in [6.07, 6.45) is 12.3. The molecule has 2 aliphatic rings. The molecule has 0 unspecified atom stereocenters. The first-order valence-electron chi connectivity index (χ1n) is 6.61. The fraction of sp³-hybridized carbons (Fsp3) is 0.643. The van der Waals surface area contributed by atoms with Crippen LogP contribution in [0, 0.1) is 0 Å². The molecule has 2 heterocycles. The molecule has 2 rings (SSSR count). The van der Waals surface area contributed by atoms with Gasteiger partial charge in [0.1, 0.15) is 0 Å². The molecule has 96 valence electrons. The number of hydrazone groups is 1. The Balaban J connectivity index is 0.000000317. The van der Waals surface area contributed by atoms with Crippen LogP contribution in [0.15, 0.2) is 28.9 Å². The van der Waals surface area contributed by atoms with Gasteiger partial charge in [0.05, 0.1) is 12.8 Å². The number of hydrogen-bond donors (Lipinski definition) is 1. The molecular formula is C14H25N3. The van der Waals surface area contributed by atoms with Crippen LogP contribution in [0.2, 0.25) is 0 Å². The fourth-order valence-electron chi connectivity index (χ4n) is 1.89. The Bertz CT molecular complexity index is 269. The lowest BCUT2D eigenvalue weighted by Gasteiger charge is -2.27. The summed E-state index contributed by atoms with van der Waals surface area (Å²) < 4.78 is 0. The minimum Gasteiger partial charge on any atom is -0.306 e. The van der Waals surface area contributed by atoms with Crippen molar-refractivity contribution in [2.45, 2.75) is 33.1 Å². The molecule has 0 aromatic carbocycles. The molecule has 0 atom stereocenters. The predicted molar refractivity (Wildman–Crippen MR) is 75.4 cm³/mol. The first-order valence-corrected chi connectivity index (χ1v) is 6.61. The molecule has 0 aliphatic carbocycles. The van der Waals surface area contributed by atoms with Gasteiger partial charge in [0.2, 0.25) is 0 Å².